The van der Waals surface area contributed by atoms with Crippen LogP contribution in [0.5, 0.6) is 0 Å². The van der Waals surface area contributed by atoms with Crippen LogP contribution in [-0.4, -0.2) is 55.7 Å². The topological polar surface area (TPSA) is 84.0 Å². The Bertz CT molecular complexity index is 990. The first-order chi connectivity index (χ1) is 14.3. The maximum atomic E-state index is 13.0. The van der Waals surface area contributed by atoms with E-state index in [0.717, 1.165) is 11.1 Å². The molecule has 0 radical (unpaired) electrons. The Balaban J connectivity index is 1.60. The van der Waals surface area contributed by atoms with Gasteiger partial charge >= 0.3 is 5.97 Å². The molecule has 1 amide bonds. The summed E-state index contributed by atoms with van der Waals surface area (Å²) in [5, 5.41) is 0. The smallest absolute Gasteiger partial charge is 0.324 e. The maximum absolute atomic E-state index is 13.0. The minimum absolute atomic E-state index is 0.145. The Kier molecular flexibility index (Phi) is 6.89. The van der Waals surface area contributed by atoms with Crippen molar-refractivity contribution in [1.82, 2.24) is 9.21 Å². The Morgan fingerprint density at radius 3 is 2.43 bits per heavy atom. The number of sulfonamides is 1. The van der Waals surface area contributed by atoms with Crippen LogP contribution in [0.4, 0.5) is 0 Å². The molecule has 8 heteroatoms. The Morgan fingerprint density at radius 1 is 1.10 bits per heavy atom. The largest absolute Gasteiger partial charge is 0.454 e. The standard InChI is InChI=1S/C22H26N2O5S/c1-17-10-12-19(13-11-17)30(27,28)24-14-6-9-20(24)22(26)29-16-21(25)23(2)15-18-7-4-3-5-8-18/h3-5,7-8,10-13,20H,6,9,14-16H2,1-2H3/t20-/m1/s1. The van der Waals surface area contributed by atoms with Gasteiger partial charge in [-0.15, -0.1) is 0 Å². The van der Waals surface area contributed by atoms with E-state index in [0.29, 0.717) is 19.4 Å². The molecule has 1 saturated heterocycles. The molecular formula is C22H26N2O5S. The number of carbonyl (C=O) groups is 2. The van der Waals surface area contributed by atoms with Crippen molar-refractivity contribution in [3.63, 3.8) is 0 Å². The summed E-state index contributed by atoms with van der Waals surface area (Å²) in [4.78, 5) is 26.5. The van der Waals surface area contributed by atoms with Gasteiger partial charge < -0.3 is 9.64 Å². The van der Waals surface area contributed by atoms with E-state index in [1.54, 1.807) is 19.2 Å². The molecule has 0 spiro atoms. The van der Waals surface area contributed by atoms with Crippen molar-refractivity contribution in [2.45, 2.75) is 37.2 Å². The second kappa shape index (κ2) is 9.40. The monoisotopic (exact) mass is 430 g/mol. The zero-order valence-corrected chi connectivity index (χ0v) is 18.0. The molecular weight excluding hydrogens is 404 g/mol. The molecule has 0 unspecified atom stereocenters. The highest BCUT2D eigenvalue weighted by Gasteiger charge is 2.40. The van der Waals surface area contributed by atoms with Crippen LogP contribution in [0.2, 0.25) is 0 Å². The van der Waals surface area contributed by atoms with Crippen LogP contribution >= 0.6 is 0 Å². The number of likely N-dealkylation sites (N-methyl/N-ethyl adjacent to an activating group) is 1. The predicted molar refractivity (Wildman–Crippen MR) is 112 cm³/mol. The number of hydrogen-bond acceptors (Lipinski definition) is 5. The van der Waals surface area contributed by atoms with Crippen LogP contribution in [0.15, 0.2) is 59.5 Å². The first-order valence-corrected chi connectivity index (χ1v) is 11.3. The molecule has 1 heterocycles. The third-order valence-electron chi connectivity index (χ3n) is 5.13. The molecule has 0 aromatic heterocycles. The van der Waals surface area contributed by atoms with Gasteiger partial charge in [-0.2, -0.15) is 4.31 Å². The second-order valence-electron chi connectivity index (χ2n) is 7.43. The van der Waals surface area contributed by atoms with Crippen molar-refractivity contribution in [3.05, 3.63) is 65.7 Å². The van der Waals surface area contributed by atoms with Crippen LogP contribution < -0.4 is 0 Å². The fourth-order valence-electron chi connectivity index (χ4n) is 3.39. The van der Waals surface area contributed by atoms with Crippen molar-refractivity contribution in [2.24, 2.45) is 0 Å². The van der Waals surface area contributed by atoms with E-state index in [-0.39, 0.29) is 17.3 Å². The van der Waals surface area contributed by atoms with E-state index >= 15 is 0 Å². The van der Waals surface area contributed by atoms with Gasteiger partial charge in [-0.3, -0.25) is 9.59 Å². The highest BCUT2D eigenvalue weighted by Crippen LogP contribution is 2.27. The lowest BCUT2D eigenvalue weighted by atomic mass is 10.2. The normalized spacial score (nSPS) is 16.9. The molecule has 2 aromatic rings. The van der Waals surface area contributed by atoms with Crippen LogP contribution in [0.25, 0.3) is 0 Å². The van der Waals surface area contributed by atoms with Gasteiger partial charge in [0, 0.05) is 20.1 Å². The van der Waals surface area contributed by atoms with E-state index in [1.807, 2.05) is 37.3 Å². The van der Waals surface area contributed by atoms with Crippen LogP contribution in [0.1, 0.15) is 24.0 Å². The molecule has 30 heavy (non-hydrogen) atoms. The number of carbonyl (C=O) groups excluding carboxylic acids is 2. The Hall–Kier alpha value is -2.71. The fourth-order valence-corrected chi connectivity index (χ4v) is 5.04. The molecule has 1 aliphatic rings. The number of ether oxygens (including phenoxy) is 1. The number of nitrogens with zero attached hydrogens (tertiary/aromatic N) is 2. The molecule has 0 bridgehead atoms. The number of hydrogen-bond donors (Lipinski definition) is 0. The van der Waals surface area contributed by atoms with Crippen LogP contribution in [-0.2, 0) is 30.9 Å². The summed E-state index contributed by atoms with van der Waals surface area (Å²) in [6.07, 6.45) is 0.935. The molecule has 0 saturated carbocycles. The van der Waals surface area contributed by atoms with Crippen molar-refractivity contribution < 1.29 is 22.7 Å². The molecule has 3 rings (SSSR count). The van der Waals surface area contributed by atoms with Crippen molar-refractivity contribution in [1.29, 1.82) is 0 Å². The molecule has 7 nitrogen and oxygen atoms in total. The number of aryl methyl sites for hydroxylation is 1. The summed E-state index contributed by atoms with van der Waals surface area (Å²) in [6, 6.07) is 15.1. The molecule has 2 aromatic carbocycles. The average Bonchev–Trinajstić information content (AvgIpc) is 3.24. The van der Waals surface area contributed by atoms with Crippen LogP contribution in [0.3, 0.4) is 0 Å². The highest BCUT2D eigenvalue weighted by molar-refractivity contribution is 7.89. The second-order valence-corrected chi connectivity index (χ2v) is 9.32. The SMILES string of the molecule is Cc1ccc(S(=O)(=O)N2CCC[C@@H]2C(=O)OCC(=O)N(C)Cc2ccccc2)cc1. The molecule has 1 fully saturated rings. The van der Waals surface area contributed by atoms with E-state index < -0.39 is 28.6 Å². The lowest BCUT2D eigenvalue weighted by Crippen LogP contribution is -2.42. The first-order valence-electron chi connectivity index (χ1n) is 9.82. The first kappa shape index (κ1) is 22.0. The zero-order chi connectivity index (χ0) is 21.7. The van der Waals surface area contributed by atoms with Gasteiger partial charge in [0.15, 0.2) is 6.61 Å². The number of benzene rings is 2. The zero-order valence-electron chi connectivity index (χ0n) is 17.2. The van der Waals surface area contributed by atoms with Gasteiger partial charge in [0.1, 0.15) is 6.04 Å². The lowest BCUT2D eigenvalue weighted by Gasteiger charge is -2.23. The summed E-state index contributed by atoms with van der Waals surface area (Å²) >= 11 is 0. The van der Waals surface area contributed by atoms with Gasteiger partial charge in [0.05, 0.1) is 4.90 Å². The molecule has 0 aliphatic carbocycles. The summed E-state index contributed by atoms with van der Waals surface area (Å²) < 4.78 is 32.3. The minimum atomic E-state index is -3.81. The summed E-state index contributed by atoms with van der Waals surface area (Å²) in [7, 11) is -2.18. The quantitative estimate of drug-likeness (QED) is 0.630. The number of amides is 1. The Labute approximate surface area is 177 Å². The average molecular weight is 431 g/mol. The van der Waals surface area contributed by atoms with Crippen molar-refractivity contribution in [3.8, 4) is 0 Å². The minimum Gasteiger partial charge on any atom is -0.454 e. The fraction of sp³-hybridized carbons (Fsp3) is 0.364. The molecule has 0 N–H and O–H groups in total. The molecule has 160 valence electrons. The van der Waals surface area contributed by atoms with Crippen LogP contribution in [0, 0.1) is 6.92 Å². The number of rotatable bonds is 7. The van der Waals surface area contributed by atoms with E-state index in [2.05, 4.69) is 0 Å². The summed E-state index contributed by atoms with van der Waals surface area (Å²) in [5.74, 6) is -1.04. The molecule has 1 aliphatic heterocycles. The van der Waals surface area contributed by atoms with Crippen molar-refractivity contribution in [2.75, 3.05) is 20.2 Å². The van der Waals surface area contributed by atoms with E-state index in [4.69, 9.17) is 4.74 Å². The number of esters is 1. The highest BCUT2D eigenvalue weighted by atomic mass is 32.2. The van der Waals surface area contributed by atoms with Gasteiger partial charge in [-0.1, -0.05) is 48.0 Å². The van der Waals surface area contributed by atoms with Gasteiger partial charge in [0.2, 0.25) is 10.0 Å². The van der Waals surface area contributed by atoms with E-state index in [1.165, 1.54) is 21.3 Å². The van der Waals surface area contributed by atoms with Gasteiger partial charge in [-0.25, -0.2) is 8.42 Å². The Morgan fingerprint density at radius 2 is 1.77 bits per heavy atom. The van der Waals surface area contributed by atoms with E-state index in [9.17, 15) is 18.0 Å². The molecule has 1 atom stereocenters. The third-order valence-corrected chi connectivity index (χ3v) is 7.05. The van der Waals surface area contributed by atoms with Gasteiger partial charge in [-0.05, 0) is 37.5 Å². The predicted octanol–water partition coefficient (Wildman–Crippen LogP) is 2.35. The lowest BCUT2D eigenvalue weighted by molar-refractivity contribution is -0.154. The maximum Gasteiger partial charge on any atom is 0.324 e. The summed E-state index contributed by atoms with van der Waals surface area (Å²) in [5.41, 5.74) is 1.91. The van der Waals surface area contributed by atoms with Crippen molar-refractivity contribution >= 4 is 21.9 Å². The van der Waals surface area contributed by atoms with Gasteiger partial charge in [0.25, 0.3) is 5.91 Å². The third kappa shape index (κ3) is 5.06. The summed E-state index contributed by atoms with van der Waals surface area (Å²) in [6.45, 7) is 2.10.